The Kier molecular flexibility index (Phi) is 5.62. The number of fused-ring (bicyclic) bond motifs is 2. The van der Waals surface area contributed by atoms with Gasteiger partial charge in [0.25, 0.3) is 5.91 Å². The Morgan fingerprint density at radius 1 is 1.28 bits per heavy atom. The van der Waals surface area contributed by atoms with E-state index in [2.05, 4.69) is 10.3 Å². The maximum absolute atomic E-state index is 12.8. The lowest BCUT2D eigenvalue weighted by Gasteiger charge is -2.23. The van der Waals surface area contributed by atoms with Crippen LogP contribution in [0.3, 0.4) is 0 Å². The lowest BCUT2D eigenvalue weighted by molar-refractivity contribution is 0.0818. The maximum Gasteiger partial charge on any atom is 0.270 e. The molecule has 0 fully saturated rings. The standard InChI is InChI=1S/C21H22ClN3O4/c22-15-4-5-16-14(10-15)11-17(23-16)21(28)24-19-6-7-25(8-9-26)18-3-1-2-13(12-27)20(18)29-19/h1-5,10-11,19,23,26-27H,6-9,12H2,(H,24,28). The van der Waals surface area contributed by atoms with Gasteiger partial charge >= 0.3 is 0 Å². The third-order valence-corrected chi connectivity index (χ3v) is 5.23. The molecule has 2 aromatic carbocycles. The molecule has 0 saturated heterocycles. The number of β-amino-alcohol motifs (C(OH)–C–C–N with tert-alkyl or cyclic N) is 1. The number of hydrogen-bond acceptors (Lipinski definition) is 5. The normalized spacial score (nSPS) is 16.2. The highest BCUT2D eigenvalue weighted by Crippen LogP contribution is 2.35. The van der Waals surface area contributed by atoms with Gasteiger partial charge in [-0.15, -0.1) is 0 Å². The van der Waals surface area contributed by atoms with Crippen LogP contribution in [0.5, 0.6) is 5.75 Å². The quantitative estimate of drug-likeness (QED) is 0.513. The first-order chi connectivity index (χ1) is 14.1. The fourth-order valence-electron chi connectivity index (χ4n) is 3.58. The van der Waals surface area contributed by atoms with Gasteiger partial charge < -0.3 is 30.2 Å². The van der Waals surface area contributed by atoms with Gasteiger partial charge in [0.1, 0.15) is 5.69 Å². The first-order valence-electron chi connectivity index (χ1n) is 9.43. The molecule has 0 spiro atoms. The number of aromatic amines is 1. The molecular weight excluding hydrogens is 394 g/mol. The molecule has 0 aliphatic carbocycles. The molecular formula is C21H22ClN3O4. The number of aliphatic hydroxyl groups is 2. The van der Waals surface area contributed by atoms with E-state index in [1.807, 2.05) is 23.1 Å². The first-order valence-corrected chi connectivity index (χ1v) is 9.81. The molecule has 0 radical (unpaired) electrons. The highest BCUT2D eigenvalue weighted by atomic mass is 35.5. The van der Waals surface area contributed by atoms with Gasteiger partial charge in [0.05, 0.1) is 18.9 Å². The summed E-state index contributed by atoms with van der Waals surface area (Å²) in [6.45, 7) is 0.849. The maximum atomic E-state index is 12.8. The number of anilines is 1. The van der Waals surface area contributed by atoms with E-state index in [1.54, 1.807) is 24.3 Å². The van der Waals surface area contributed by atoms with Gasteiger partial charge in [0.2, 0.25) is 0 Å². The van der Waals surface area contributed by atoms with Crippen molar-refractivity contribution in [3.05, 3.63) is 58.7 Å². The predicted molar refractivity (Wildman–Crippen MR) is 111 cm³/mol. The average Bonchev–Trinajstić information content (AvgIpc) is 3.06. The molecule has 1 atom stereocenters. The number of nitrogens with zero attached hydrogens (tertiary/aromatic N) is 1. The molecule has 4 rings (SSSR count). The van der Waals surface area contributed by atoms with Crippen LogP contribution in [0.1, 0.15) is 22.5 Å². The average molecular weight is 416 g/mol. The van der Waals surface area contributed by atoms with Gasteiger partial charge in [-0.1, -0.05) is 23.7 Å². The van der Waals surface area contributed by atoms with Gasteiger partial charge in [-0.25, -0.2) is 0 Å². The van der Waals surface area contributed by atoms with Gasteiger partial charge in [-0.3, -0.25) is 4.79 Å². The Hall–Kier alpha value is -2.74. The molecule has 1 aliphatic heterocycles. The summed E-state index contributed by atoms with van der Waals surface area (Å²) in [6.07, 6.45) is -0.0511. The molecule has 7 nitrogen and oxygen atoms in total. The smallest absolute Gasteiger partial charge is 0.270 e. The van der Waals surface area contributed by atoms with Crippen molar-refractivity contribution in [1.82, 2.24) is 10.3 Å². The number of rotatable bonds is 5. The second-order valence-corrected chi connectivity index (χ2v) is 7.35. The van der Waals surface area contributed by atoms with Crippen molar-refractivity contribution in [2.24, 2.45) is 0 Å². The van der Waals surface area contributed by atoms with Crippen molar-refractivity contribution < 1.29 is 19.7 Å². The Labute approximate surface area is 172 Å². The van der Waals surface area contributed by atoms with Crippen molar-refractivity contribution in [1.29, 1.82) is 0 Å². The Balaban J connectivity index is 1.57. The summed E-state index contributed by atoms with van der Waals surface area (Å²) in [5.41, 5.74) is 2.66. The molecule has 8 heteroatoms. The topological polar surface area (TPSA) is 97.8 Å². The number of carbonyl (C=O) groups excluding carboxylic acids is 1. The number of hydrogen-bond donors (Lipinski definition) is 4. The van der Waals surface area contributed by atoms with Crippen LogP contribution >= 0.6 is 11.6 Å². The van der Waals surface area contributed by atoms with E-state index in [1.165, 1.54) is 0 Å². The zero-order valence-corrected chi connectivity index (χ0v) is 16.4. The van der Waals surface area contributed by atoms with Crippen LogP contribution in [-0.4, -0.2) is 47.0 Å². The number of halogens is 1. The van der Waals surface area contributed by atoms with E-state index in [4.69, 9.17) is 16.3 Å². The van der Waals surface area contributed by atoms with Crippen molar-refractivity contribution in [3.63, 3.8) is 0 Å². The third-order valence-electron chi connectivity index (χ3n) is 5.00. The summed E-state index contributed by atoms with van der Waals surface area (Å²) in [7, 11) is 0. The molecule has 0 bridgehead atoms. The largest absolute Gasteiger partial charge is 0.468 e. The van der Waals surface area contributed by atoms with Crippen LogP contribution in [0.2, 0.25) is 5.02 Å². The molecule has 1 unspecified atom stereocenters. The highest BCUT2D eigenvalue weighted by molar-refractivity contribution is 6.31. The predicted octanol–water partition coefficient (Wildman–Crippen LogP) is 2.65. The van der Waals surface area contributed by atoms with Crippen LogP contribution in [0.25, 0.3) is 10.9 Å². The number of amides is 1. The summed E-state index contributed by atoms with van der Waals surface area (Å²) < 4.78 is 6.09. The third kappa shape index (κ3) is 4.03. The summed E-state index contributed by atoms with van der Waals surface area (Å²) >= 11 is 6.02. The van der Waals surface area contributed by atoms with E-state index in [0.717, 1.165) is 16.6 Å². The van der Waals surface area contributed by atoms with Crippen molar-refractivity contribution in [3.8, 4) is 5.75 Å². The van der Waals surface area contributed by atoms with Gasteiger partial charge in [0.15, 0.2) is 12.0 Å². The van der Waals surface area contributed by atoms with Gasteiger partial charge in [-0.05, 0) is 30.3 Å². The molecule has 152 valence electrons. The van der Waals surface area contributed by atoms with E-state index < -0.39 is 6.23 Å². The van der Waals surface area contributed by atoms with Crippen molar-refractivity contribution >= 4 is 34.1 Å². The second-order valence-electron chi connectivity index (χ2n) is 6.92. The van der Waals surface area contributed by atoms with Gasteiger partial charge in [-0.2, -0.15) is 0 Å². The molecule has 3 aromatic rings. The SMILES string of the molecule is O=C(NC1CCN(CCO)c2cccc(CO)c2O1)c1cc2cc(Cl)ccc2[nH]1. The highest BCUT2D eigenvalue weighted by Gasteiger charge is 2.26. The van der Waals surface area contributed by atoms with Crippen LogP contribution < -0.4 is 15.0 Å². The monoisotopic (exact) mass is 415 g/mol. The number of carbonyl (C=O) groups is 1. The summed E-state index contributed by atoms with van der Waals surface area (Å²) in [5, 5.41) is 23.5. The Bertz CT molecular complexity index is 1040. The Morgan fingerprint density at radius 2 is 2.14 bits per heavy atom. The fraction of sp³-hybridized carbons (Fsp3) is 0.286. The van der Waals surface area contributed by atoms with Gasteiger partial charge in [0, 0.05) is 41.0 Å². The molecule has 2 heterocycles. The molecule has 0 saturated carbocycles. The molecule has 1 aliphatic rings. The van der Waals surface area contributed by atoms with Crippen molar-refractivity contribution in [2.75, 3.05) is 24.6 Å². The number of aromatic nitrogens is 1. The summed E-state index contributed by atoms with van der Waals surface area (Å²) in [6, 6.07) is 12.6. The molecule has 29 heavy (non-hydrogen) atoms. The number of para-hydroxylation sites is 1. The zero-order valence-electron chi connectivity index (χ0n) is 15.7. The van der Waals surface area contributed by atoms with E-state index in [9.17, 15) is 15.0 Å². The Morgan fingerprint density at radius 3 is 2.93 bits per heavy atom. The lowest BCUT2D eigenvalue weighted by atomic mass is 10.1. The van der Waals surface area contributed by atoms with Crippen molar-refractivity contribution in [2.45, 2.75) is 19.3 Å². The zero-order chi connectivity index (χ0) is 20.4. The fourth-order valence-corrected chi connectivity index (χ4v) is 3.76. The van der Waals surface area contributed by atoms with E-state index in [0.29, 0.717) is 41.5 Å². The summed E-state index contributed by atoms with van der Waals surface area (Å²) in [5.74, 6) is 0.232. The summed E-state index contributed by atoms with van der Waals surface area (Å²) in [4.78, 5) is 17.9. The minimum Gasteiger partial charge on any atom is -0.468 e. The number of nitrogens with one attached hydrogen (secondary N) is 2. The van der Waals surface area contributed by atoms with E-state index >= 15 is 0 Å². The van der Waals surface area contributed by atoms with Crippen LogP contribution in [-0.2, 0) is 6.61 Å². The minimum absolute atomic E-state index is 0.00254. The molecule has 4 N–H and O–H groups in total. The van der Waals surface area contributed by atoms with Crippen LogP contribution in [0.4, 0.5) is 5.69 Å². The van der Waals surface area contributed by atoms with Crippen LogP contribution in [0.15, 0.2) is 42.5 Å². The number of H-pyrrole nitrogens is 1. The number of ether oxygens (including phenoxy) is 1. The molecule has 1 amide bonds. The van der Waals surface area contributed by atoms with E-state index in [-0.39, 0.29) is 19.1 Å². The van der Waals surface area contributed by atoms with Crippen LogP contribution in [0, 0.1) is 0 Å². The number of benzene rings is 2. The number of aliphatic hydroxyl groups excluding tert-OH is 2. The lowest BCUT2D eigenvalue weighted by Crippen LogP contribution is -2.40. The second kappa shape index (κ2) is 8.32. The first kappa shape index (κ1) is 19.6. The minimum atomic E-state index is -0.576. The molecule has 1 aromatic heterocycles.